The number of nitrogens with zero attached hydrogens (tertiary/aromatic N) is 2. The van der Waals surface area contributed by atoms with E-state index in [4.69, 9.17) is 0 Å². The lowest BCUT2D eigenvalue weighted by molar-refractivity contribution is -0.117. The van der Waals surface area contributed by atoms with E-state index >= 15 is 0 Å². The van der Waals surface area contributed by atoms with Gasteiger partial charge in [-0.25, -0.2) is 8.42 Å². The van der Waals surface area contributed by atoms with Crippen LogP contribution >= 0.6 is 15.9 Å². The Kier molecular flexibility index (Phi) is 6.35. The number of fused-ring (bicyclic) bond motifs is 1. The van der Waals surface area contributed by atoms with Gasteiger partial charge in [-0.3, -0.25) is 9.59 Å². The van der Waals surface area contributed by atoms with Crippen molar-refractivity contribution in [2.45, 2.75) is 38.1 Å². The van der Waals surface area contributed by atoms with Crippen molar-refractivity contribution in [2.75, 3.05) is 23.8 Å². The van der Waals surface area contributed by atoms with Crippen LogP contribution in [0.3, 0.4) is 0 Å². The first kappa shape index (κ1) is 22.5. The van der Waals surface area contributed by atoms with Gasteiger partial charge in [0.15, 0.2) is 0 Å². The fraction of sp³-hybridized carbons (Fsp3) is 0.333. The monoisotopic (exact) mass is 493 g/mol. The van der Waals surface area contributed by atoms with Crippen molar-refractivity contribution >= 4 is 49.1 Å². The van der Waals surface area contributed by atoms with Crippen molar-refractivity contribution < 1.29 is 18.0 Å². The molecule has 0 radical (unpaired) electrons. The van der Waals surface area contributed by atoms with E-state index in [1.54, 1.807) is 29.2 Å². The van der Waals surface area contributed by atoms with Gasteiger partial charge in [0.05, 0.1) is 11.4 Å². The molecule has 0 bridgehead atoms. The largest absolute Gasteiger partial charge is 0.325 e. The van der Waals surface area contributed by atoms with Crippen LogP contribution in [0.5, 0.6) is 0 Å². The van der Waals surface area contributed by atoms with Crippen LogP contribution in [0.15, 0.2) is 45.8 Å². The minimum absolute atomic E-state index is 0.0201. The molecule has 1 aliphatic heterocycles. The van der Waals surface area contributed by atoms with Crippen molar-refractivity contribution in [2.24, 2.45) is 0 Å². The normalized spacial score (nSPS) is 15.9. The summed E-state index contributed by atoms with van der Waals surface area (Å²) in [6.45, 7) is 5.01. The van der Waals surface area contributed by atoms with Gasteiger partial charge in [-0.15, -0.1) is 0 Å². The van der Waals surface area contributed by atoms with Gasteiger partial charge in [-0.05, 0) is 67.8 Å². The molecule has 1 heterocycles. The van der Waals surface area contributed by atoms with E-state index in [-0.39, 0.29) is 23.4 Å². The number of benzene rings is 2. The molecule has 0 spiro atoms. The molecule has 3 rings (SSSR count). The van der Waals surface area contributed by atoms with Gasteiger partial charge in [-0.1, -0.05) is 15.9 Å². The smallest absolute Gasteiger partial charge is 0.243 e. The first-order valence-electron chi connectivity index (χ1n) is 9.45. The van der Waals surface area contributed by atoms with Crippen LogP contribution in [0, 0.1) is 6.92 Å². The van der Waals surface area contributed by atoms with E-state index in [1.165, 1.54) is 20.0 Å². The number of halogens is 1. The third-order valence-corrected chi connectivity index (χ3v) is 7.81. The molecular formula is C21H24BrN3O4S. The number of carbonyl (C=O) groups excluding carboxylic acids is 2. The molecule has 1 N–H and O–H groups in total. The Labute approximate surface area is 185 Å². The van der Waals surface area contributed by atoms with Crippen LogP contribution in [-0.4, -0.2) is 44.2 Å². The lowest BCUT2D eigenvalue weighted by Crippen LogP contribution is -2.35. The second kappa shape index (κ2) is 8.49. The molecule has 1 atom stereocenters. The Bertz CT molecular complexity index is 1120. The topological polar surface area (TPSA) is 86.8 Å². The second-order valence-electron chi connectivity index (χ2n) is 7.51. The quantitative estimate of drug-likeness (QED) is 0.691. The van der Waals surface area contributed by atoms with Crippen LogP contribution in [0.1, 0.15) is 25.0 Å². The van der Waals surface area contributed by atoms with Crippen LogP contribution < -0.4 is 10.2 Å². The van der Waals surface area contributed by atoms with Crippen molar-refractivity contribution in [3.63, 3.8) is 0 Å². The SMILES string of the molecule is CC(=O)N1c2ccc(S(=O)(=O)N(C)CC(=O)Nc3ccc(Br)c(C)c3)cc2C[C@H]1C. The number of hydrogen-bond acceptors (Lipinski definition) is 4. The Morgan fingerprint density at radius 2 is 1.93 bits per heavy atom. The van der Waals surface area contributed by atoms with E-state index in [9.17, 15) is 18.0 Å². The molecule has 0 saturated heterocycles. The van der Waals surface area contributed by atoms with Gasteiger partial charge in [0, 0.05) is 35.9 Å². The number of rotatable bonds is 5. The summed E-state index contributed by atoms with van der Waals surface area (Å²) in [5.41, 5.74) is 3.10. The summed E-state index contributed by atoms with van der Waals surface area (Å²) in [5.74, 6) is -0.505. The minimum atomic E-state index is -3.86. The van der Waals surface area contributed by atoms with Crippen LogP contribution in [-0.2, 0) is 26.0 Å². The van der Waals surface area contributed by atoms with Crippen LogP contribution in [0.25, 0.3) is 0 Å². The highest BCUT2D eigenvalue weighted by molar-refractivity contribution is 9.10. The van der Waals surface area contributed by atoms with E-state index in [1.807, 2.05) is 19.9 Å². The summed E-state index contributed by atoms with van der Waals surface area (Å²) in [7, 11) is -2.48. The summed E-state index contributed by atoms with van der Waals surface area (Å²) in [6, 6.07) is 10.1. The Balaban J connectivity index is 1.75. The predicted molar refractivity (Wildman–Crippen MR) is 120 cm³/mol. The van der Waals surface area contributed by atoms with Crippen molar-refractivity contribution in [1.82, 2.24) is 4.31 Å². The molecule has 7 nitrogen and oxygen atoms in total. The zero-order valence-corrected chi connectivity index (χ0v) is 19.7. The standard InChI is InChI=1S/C21H24BrN3O4S/c1-13-9-17(5-7-19(13)22)23-21(27)12-24(4)30(28,29)18-6-8-20-16(11-18)10-14(2)25(20)15(3)26/h5-9,11,14H,10,12H2,1-4H3,(H,23,27)/t14-/m1/s1. The van der Waals surface area contributed by atoms with Gasteiger partial charge >= 0.3 is 0 Å². The lowest BCUT2D eigenvalue weighted by Gasteiger charge is -2.21. The first-order valence-corrected chi connectivity index (χ1v) is 11.7. The molecule has 2 aromatic rings. The molecule has 0 saturated carbocycles. The van der Waals surface area contributed by atoms with Gasteiger partial charge in [0.1, 0.15) is 0 Å². The highest BCUT2D eigenvalue weighted by atomic mass is 79.9. The number of sulfonamides is 1. The number of likely N-dealkylation sites (N-methyl/N-ethyl adjacent to an activating group) is 1. The molecule has 2 amide bonds. The Hall–Kier alpha value is -2.23. The maximum absolute atomic E-state index is 13.0. The maximum Gasteiger partial charge on any atom is 0.243 e. The Morgan fingerprint density at radius 3 is 2.57 bits per heavy atom. The summed E-state index contributed by atoms with van der Waals surface area (Å²) < 4.78 is 27.9. The molecule has 30 heavy (non-hydrogen) atoms. The zero-order valence-electron chi connectivity index (χ0n) is 17.3. The average Bonchev–Trinajstić information content (AvgIpc) is 2.99. The van der Waals surface area contributed by atoms with E-state index < -0.39 is 15.9 Å². The lowest BCUT2D eigenvalue weighted by atomic mass is 10.1. The third-order valence-electron chi connectivity index (χ3n) is 5.12. The third kappa shape index (κ3) is 4.43. The molecule has 0 fully saturated rings. The number of amides is 2. The predicted octanol–water partition coefficient (Wildman–Crippen LogP) is 3.31. The zero-order chi connectivity index (χ0) is 22.2. The summed E-state index contributed by atoms with van der Waals surface area (Å²) in [5, 5.41) is 2.72. The molecule has 9 heteroatoms. The highest BCUT2D eigenvalue weighted by Crippen LogP contribution is 2.34. The van der Waals surface area contributed by atoms with Crippen molar-refractivity contribution in [3.05, 3.63) is 52.0 Å². The van der Waals surface area contributed by atoms with Crippen molar-refractivity contribution in [3.8, 4) is 0 Å². The average molecular weight is 494 g/mol. The van der Waals surface area contributed by atoms with Crippen LogP contribution in [0.2, 0.25) is 0 Å². The van der Waals surface area contributed by atoms with Gasteiger partial charge in [-0.2, -0.15) is 4.31 Å². The van der Waals surface area contributed by atoms with E-state index in [0.717, 1.165) is 25.6 Å². The summed E-state index contributed by atoms with van der Waals surface area (Å²) >= 11 is 3.40. The van der Waals surface area contributed by atoms with Gasteiger partial charge in [0.2, 0.25) is 21.8 Å². The molecule has 2 aromatic carbocycles. The fourth-order valence-corrected chi connectivity index (χ4v) is 5.06. The molecule has 0 aromatic heterocycles. The maximum atomic E-state index is 13.0. The fourth-order valence-electron chi connectivity index (χ4n) is 3.64. The first-order chi connectivity index (χ1) is 14.0. The number of anilines is 2. The molecule has 1 aliphatic rings. The molecule has 160 valence electrons. The molecule has 0 unspecified atom stereocenters. The highest BCUT2D eigenvalue weighted by Gasteiger charge is 2.31. The van der Waals surface area contributed by atoms with Gasteiger partial charge < -0.3 is 10.2 Å². The Morgan fingerprint density at radius 1 is 1.23 bits per heavy atom. The number of carbonyl (C=O) groups is 2. The molecular weight excluding hydrogens is 470 g/mol. The minimum Gasteiger partial charge on any atom is -0.325 e. The number of aryl methyl sites for hydroxylation is 1. The van der Waals surface area contributed by atoms with Crippen molar-refractivity contribution in [1.29, 1.82) is 0 Å². The number of hydrogen-bond donors (Lipinski definition) is 1. The number of nitrogens with one attached hydrogen (secondary N) is 1. The summed E-state index contributed by atoms with van der Waals surface area (Å²) in [4.78, 5) is 26.0. The molecule has 0 aliphatic carbocycles. The van der Waals surface area contributed by atoms with E-state index in [2.05, 4.69) is 21.2 Å². The second-order valence-corrected chi connectivity index (χ2v) is 10.4. The van der Waals surface area contributed by atoms with E-state index in [0.29, 0.717) is 12.1 Å². The van der Waals surface area contributed by atoms with Crippen LogP contribution in [0.4, 0.5) is 11.4 Å². The summed E-state index contributed by atoms with van der Waals surface area (Å²) in [6.07, 6.45) is 0.589. The van der Waals surface area contributed by atoms with Gasteiger partial charge in [0.25, 0.3) is 0 Å².